The first-order valence-electron chi connectivity index (χ1n) is 13.7. The summed E-state index contributed by atoms with van der Waals surface area (Å²) in [7, 11) is 0. The van der Waals surface area contributed by atoms with Gasteiger partial charge in [-0.25, -0.2) is 14.4 Å². The molecular formula is C35H22O12. The Kier molecular flexibility index (Phi) is 7.59. The molecular weight excluding hydrogens is 612 g/mol. The third kappa shape index (κ3) is 5.81. The number of aromatic hydroxyl groups is 6. The van der Waals surface area contributed by atoms with Gasteiger partial charge in [-0.1, -0.05) is 24.3 Å². The van der Waals surface area contributed by atoms with Crippen molar-refractivity contribution in [2.75, 3.05) is 0 Å². The molecule has 6 rings (SSSR count). The van der Waals surface area contributed by atoms with E-state index in [2.05, 4.69) is 0 Å². The molecule has 0 fully saturated rings. The first-order valence-corrected chi connectivity index (χ1v) is 13.7. The number of carbonyl (C=O) groups is 3. The highest BCUT2D eigenvalue weighted by Gasteiger charge is 2.24. The summed E-state index contributed by atoms with van der Waals surface area (Å²) >= 11 is 0. The normalized spacial score (nSPS) is 10.9. The minimum absolute atomic E-state index is 0.0246. The van der Waals surface area contributed by atoms with Crippen molar-refractivity contribution in [3.63, 3.8) is 0 Å². The van der Waals surface area contributed by atoms with Gasteiger partial charge in [-0.15, -0.1) is 0 Å². The van der Waals surface area contributed by atoms with Crippen LogP contribution in [-0.4, -0.2) is 48.5 Å². The molecule has 12 heteroatoms. The van der Waals surface area contributed by atoms with Crippen molar-refractivity contribution >= 4 is 39.5 Å². The number of phenols is 6. The lowest BCUT2D eigenvalue weighted by atomic mass is 10.0. The number of fused-ring (bicyclic) bond motifs is 2. The summed E-state index contributed by atoms with van der Waals surface area (Å²) in [4.78, 5) is 39.7. The fourth-order valence-electron chi connectivity index (χ4n) is 4.76. The van der Waals surface area contributed by atoms with Crippen LogP contribution in [0.3, 0.4) is 0 Å². The minimum Gasteiger partial charge on any atom is -0.504 e. The summed E-state index contributed by atoms with van der Waals surface area (Å²) in [5.41, 5.74) is -0.396. The van der Waals surface area contributed by atoms with E-state index in [4.69, 9.17) is 14.2 Å². The second-order valence-electron chi connectivity index (χ2n) is 10.2. The lowest BCUT2D eigenvalue weighted by Crippen LogP contribution is -2.13. The summed E-state index contributed by atoms with van der Waals surface area (Å²) in [6.45, 7) is 0. The van der Waals surface area contributed by atoms with Gasteiger partial charge < -0.3 is 44.8 Å². The Morgan fingerprint density at radius 1 is 0.404 bits per heavy atom. The SMILES string of the molecule is O=C(Oc1ccc2c(OC(=O)c3ccc(O)c(O)c3)c3ccccc3cc2c1OC(=O)c1ccc(O)c(O)c1)c1ccc(O)c(O)c1. The number of rotatable bonds is 6. The van der Waals surface area contributed by atoms with E-state index < -0.39 is 52.4 Å². The largest absolute Gasteiger partial charge is 0.504 e. The van der Waals surface area contributed by atoms with Crippen LogP contribution in [0.1, 0.15) is 31.1 Å². The van der Waals surface area contributed by atoms with Crippen LogP contribution < -0.4 is 14.2 Å². The maximum atomic E-state index is 13.3. The van der Waals surface area contributed by atoms with E-state index in [0.29, 0.717) is 10.8 Å². The van der Waals surface area contributed by atoms with Gasteiger partial charge in [-0.2, -0.15) is 0 Å². The number of phenolic OH excluding ortho intramolecular Hbond substituents is 6. The fourth-order valence-corrected chi connectivity index (χ4v) is 4.76. The quantitative estimate of drug-likeness (QED) is 0.0551. The van der Waals surface area contributed by atoms with Crippen molar-refractivity contribution in [1.29, 1.82) is 0 Å². The van der Waals surface area contributed by atoms with Crippen LogP contribution in [0, 0.1) is 0 Å². The number of ether oxygens (including phenoxy) is 3. The van der Waals surface area contributed by atoms with Gasteiger partial charge in [0.25, 0.3) is 0 Å². The Morgan fingerprint density at radius 3 is 1.38 bits per heavy atom. The summed E-state index contributed by atoms with van der Waals surface area (Å²) in [5, 5.41) is 60.1. The molecule has 0 heterocycles. The van der Waals surface area contributed by atoms with Gasteiger partial charge in [0.05, 0.1) is 16.7 Å². The number of esters is 3. The van der Waals surface area contributed by atoms with E-state index >= 15 is 0 Å². The van der Waals surface area contributed by atoms with Crippen molar-refractivity contribution < 1.29 is 59.2 Å². The summed E-state index contributed by atoms with van der Waals surface area (Å²) in [6, 6.07) is 21.1. The Balaban J connectivity index is 1.51. The van der Waals surface area contributed by atoms with E-state index in [1.165, 1.54) is 30.3 Å². The molecule has 0 saturated heterocycles. The Hall–Kier alpha value is -6.95. The Morgan fingerprint density at radius 2 is 0.872 bits per heavy atom. The van der Waals surface area contributed by atoms with E-state index in [1.807, 2.05) is 0 Å². The van der Waals surface area contributed by atoms with Crippen molar-refractivity contribution in [3.05, 3.63) is 114 Å². The van der Waals surface area contributed by atoms with E-state index in [0.717, 1.165) is 36.4 Å². The molecule has 0 atom stereocenters. The molecule has 234 valence electrons. The molecule has 0 amide bonds. The van der Waals surface area contributed by atoms with Crippen LogP contribution in [-0.2, 0) is 0 Å². The zero-order valence-corrected chi connectivity index (χ0v) is 23.9. The number of benzene rings is 6. The Bertz CT molecular complexity index is 2260. The maximum Gasteiger partial charge on any atom is 0.343 e. The number of carbonyl (C=O) groups excluding carboxylic acids is 3. The average Bonchev–Trinajstić information content (AvgIpc) is 3.05. The van der Waals surface area contributed by atoms with Crippen molar-refractivity contribution in [1.82, 2.24) is 0 Å². The summed E-state index contributed by atoms with van der Waals surface area (Å²) in [6.07, 6.45) is 0. The molecule has 6 aromatic rings. The zero-order chi connectivity index (χ0) is 33.4. The fraction of sp³-hybridized carbons (Fsp3) is 0. The van der Waals surface area contributed by atoms with E-state index in [9.17, 15) is 45.0 Å². The standard InChI is InChI=1S/C35H22O12/c36-24-9-5-18(14-27(24)39)33(42)45-30-12-8-22-23(32(30)47-35(44)20-7-11-26(38)29(41)16-20)13-17-3-1-2-4-21(17)31(22)46-34(43)19-6-10-25(37)28(40)15-19/h1-16,36-41H. The van der Waals surface area contributed by atoms with Crippen molar-refractivity contribution in [3.8, 4) is 51.7 Å². The van der Waals surface area contributed by atoms with Crippen LogP contribution in [0.25, 0.3) is 21.5 Å². The maximum absolute atomic E-state index is 13.3. The van der Waals surface area contributed by atoms with Gasteiger partial charge in [-0.3, -0.25) is 0 Å². The molecule has 6 aromatic carbocycles. The first kappa shape index (κ1) is 30.1. The van der Waals surface area contributed by atoms with Gasteiger partial charge in [0.1, 0.15) is 5.75 Å². The Labute approximate surface area is 264 Å². The van der Waals surface area contributed by atoms with Gasteiger partial charge >= 0.3 is 17.9 Å². The number of hydrogen-bond acceptors (Lipinski definition) is 12. The lowest BCUT2D eigenvalue weighted by Gasteiger charge is -2.17. The molecule has 0 aliphatic carbocycles. The monoisotopic (exact) mass is 634 g/mol. The molecule has 47 heavy (non-hydrogen) atoms. The molecule has 0 aliphatic heterocycles. The highest BCUT2D eigenvalue weighted by atomic mass is 16.6. The third-order valence-electron chi connectivity index (χ3n) is 7.14. The molecule has 0 radical (unpaired) electrons. The van der Waals surface area contributed by atoms with Gasteiger partial charge in [0.15, 0.2) is 46.0 Å². The molecule has 12 nitrogen and oxygen atoms in total. The van der Waals surface area contributed by atoms with Crippen molar-refractivity contribution in [2.45, 2.75) is 0 Å². The third-order valence-corrected chi connectivity index (χ3v) is 7.14. The minimum atomic E-state index is -1.02. The second kappa shape index (κ2) is 11.9. The van der Waals surface area contributed by atoms with E-state index in [-0.39, 0.29) is 44.7 Å². The molecule has 0 aliphatic rings. The molecule has 0 unspecified atom stereocenters. The predicted octanol–water partition coefficient (Wildman–Crippen LogP) is 5.88. The van der Waals surface area contributed by atoms with E-state index in [1.54, 1.807) is 30.3 Å². The predicted molar refractivity (Wildman–Crippen MR) is 166 cm³/mol. The topological polar surface area (TPSA) is 200 Å². The molecule has 0 spiro atoms. The highest BCUT2D eigenvalue weighted by molar-refractivity contribution is 6.11. The molecule has 0 aromatic heterocycles. The smallest absolute Gasteiger partial charge is 0.343 e. The first-order chi connectivity index (χ1) is 22.5. The van der Waals surface area contributed by atoms with Crippen LogP contribution >= 0.6 is 0 Å². The number of hydrogen-bond donors (Lipinski definition) is 6. The van der Waals surface area contributed by atoms with Crippen LogP contribution in [0.5, 0.6) is 51.7 Å². The molecule has 0 bridgehead atoms. The summed E-state index contributed by atoms with van der Waals surface area (Å²) < 4.78 is 17.1. The molecule has 0 saturated carbocycles. The second-order valence-corrected chi connectivity index (χ2v) is 10.2. The van der Waals surface area contributed by atoms with Gasteiger partial charge in [0, 0.05) is 16.2 Å². The van der Waals surface area contributed by atoms with Crippen LogP contribution in [0.4, 0.5) is 0 Å². The van der Waals surface area contributed by atoms with Gasteiger partial charge in [0.2, 0.25) is 0 Å². The zero-order valence-electron chi connectivity index (χ0n) is 23.9. The van der Waals surface area contributed by atoms with Crippen LogP contribution in [0.15, 0.2) is 97.1 Å². The van der Waals surface area contributed by atoms with Crippen LogP contribution in [0.2, 0.25) is 0 Å². The summed E-state index contributed by atoms with van der Waals surface area (Å²) in [5.74, 6) is -6.49. The van der Waals surface area contributed by atoms with Gasteiger partial charge in [-0.05, 0) is 78.2 Å². The average molecular weight is 635 g/mol. The van der Waals surface area contributed by atoms with Crippen molar-refractivity contribution in [2.24, 2.45) is 0 Å². The highest BCUT2D eigenvalue weighted by Crippen LogP contribution is 2.44. The lowest BCUT2D eigenvalue weighted by molar-refractivity contribution is 0.0684. The molecule has 6 N–H and O–H groups in total.